The van der Waals surface area contributed by atoms with Crippen LogP contribution >= 0.6 is 11.8 Å². The molecule has 0 aliphatic carbocycles. The van der Waals surface area contributed by atoms with Crippen molar-refractivity contribution in [1.29, 1.82) is 0 Å². The second-order valence-corrected chi connectivity index (χ2v) is 6.96. The summed E-state index contributed by atoms with van der Waals surface area (Å²) in [6.07, 6.45) is 4.54. The van der Waals surface area contributed by atoms with Crippen molar-refractivity contribution >= 4 is 23.3 Å². The Morgan fingerprint density at radius 3 is 2.90 bits per heavy atom. The molecule has 1 aromatic heterocycles. The first kappa shape index (κ1) is 14.0. The number of nitrogens with zero attached hydrogens (tertiary/aromatic N) is 2. The summed E-state index contributed by atoms with van der Waals surface area (Å²) < 4.78 is 5.37. The van der Waals surface area contributed by atoms with Crippen molar-refractivity contribution in [2.75, 3.05) is 42.3 Å². The maximum atomic E-state index is 5.37. The van der Waals surface area contributed by atoms with Crippen LogP contribution in [0.5, 0.6) is 0 Å². The third-order valence-corrected chi connectivity index (χ3v) is 5.42. The largest absolute Gasteiger partial charge is 0.380 e. The third-order valence-electron chi connectivity index (χ3n) is 4.04. The SMILES string of the molecule is CC1SCCCC1Nc1ccc(N2CCOCC2)nc1. The lowest BCUT2D eigenvalue weighted by atomic mass is 10.1. The average molecular weight is 293 g/mol. The van der Waals surface area contributed by atoms with Crippen molar-refractivity contribution in [2.24, 2.45) is 0 Å². The smallest absolute Gasteiger partial charge is 0.128 e. The molecule has 0 saturated carbocycles. The Balaban J connectivity index is 1.60. The molecule has 0 bridgehead atoms. The average Bonchev–Trinajstić information content (AvgIpc) is 2.51. The Kier molecular flexibility index (Phi) is 4.68. The minimum absolute atomic E-state index is 0.574. The van der Waals surface area contributed by atoms with Crippen LogP contribution in [0.4, 0.5) is 11.5 Å². The van der Waals surface area contributed by atoms with Gasteiger partial charge in [-0.1, -0.05) is 6.92 Å². The molecular formula is C15H23N3OS. The van der Waals surface area contributed by atoms with Crippen LogP contribution in [-0.4, -0.2) is 48.3 Å². The van der Waals surface area contributed by atoms with Crippen LogP contribution in [0.2, 0.25) is 0 Å². The Bertz CT molecular complexity index is 420. The molecule has 3 rings (SSSR count). The number of thioether (sulfide) groups is 1. The fraction of sp³-hybridized carbons (Fsp3) is 0.667. The second kappa shape index (κ2) is 6.68. The van der Waals surface area contributed by atoms with Crippen LogP contribution in [0.3, 0.4) is 0 Å². The summed E-state index contributed by atoms with van der Waals surface area (Å²) in [5.41, 5.74) is 1.14. The minimum atomic E-state index is 0.574. The van der Waals surface area contributed by atoms with Gasteiger partial charge in [0.25, 0.3) is 0 Å². The van der Waals surface area contributed by atoms with E-state index in [9.17, 15) is 0 Å². The lowest BCUT2D eigenvalue weighted by molar-refractivity contribution is 0.122. The molecule has 2 fully saturated rings. The molecule has 2 aliphatic rings. The molecule has 2 unspecified atom stereocenters. The highest BCUT2D eigenvalue weighted by Gasteiger charge is 2.21. The number of hydrogen-bond acceptors (Lipinski definition) is 5. The van der Waals surface area contributed by atoms with Gasteiger partial charge < -0.3 is 15.0 Å². The van der Waals surface area contributed by atoms with Gasteiger partial charge in [0.2, 0.25) is 0 Å². The van der Waals surface area contributed by atoms with Crippen molar-refractivity contribution in [1.82, 2.24) is 4.98 Å². The van der Waals surface area contributed by atoms with E-state index in [4.69, 9.17) is 4.74 Å². The van der Waals surface area contributed by atoms with Gasteiger partial charge in [-0.05, 0) is 30.7 Å². The number of nitrogens with one attached hydrogen (secondary N) is 1. The van der Waals surface area contributed by atoms with E-state index >= 15 is 0 Å². The van der Waals surface area contributed by atoms with E-state index in [1.165, 1.54) is 18.6 Å². The molecule has 3 heterocycles. The molecule has 1 aromatic rings. The Morgan fingerprint density at radius 2 is 2.20 bits per heavy atom. The van der Waals surface area contributed by atoms with Gasteiger partial charge in [-0.25, -0.2) is 4.98 Å². The fourth-order valence-electron chi connectivity index (χ4n) is 2.78. The molecule has 5 heteroatoms. The van der Waals surface area contributed by atoms with E-state index in [-0.39, 0.29) is 0 Å². The highest BCUT2D eigenvalue weighted by atomic mass is 32.2. The van der Waals surface area contributed by atoms with E-state index in [1.807, 2.05) is 6.20 Å². The summed E-state index contributed by atoms with van der Waals surface area (Å²) in [6, 6.07) is 4.85. The van der Waals surface area contributed by atoms with Crippen LogP contribution < -0.4 is 10.2 Å². The Hall–Kier alpha value is -0.940. The van der Waals surface area contributed by atoms with Crippen LogP contribution in [0, 0.1) is 0 Å². The van der Waals surface area contributed by atoms with Gasteiger partial charge >= 0.3 is 0 Å². The van der Waals surface area contributed by atoms with Crippen molar-refractivity contribution in [3.8, 4) is 0 Å². The molecule has 1 N–H and O–H groups in total. The summed E-state index contributed by atoms with van der Waals surface area (Å²) >= 11 is 2.07. The van der Waals surface area contributed by atoms with E-state index < -0.39 is 0 Å². The first-order chi connectivity index (χ1) is 9.83. The number of aromatic nitrogens is 1. The van der Waals surface area contributed by atoms with Gasteiger partial charge in [0, 0.05) is 24.4 Å². The molecule has 2 saturated heterocycles. The molecule has 0 aromatic carbocycles. The van der Waals surface area contributed by atoms with Crippen molar-refractivity contribution in [3.63, 3.8) is 0 Å². The standard InChI is InChI=1S/C15H23N3OS/c1-12-14(3-2-10-20-12)17-13-4-5-15(16-11-13)18-6-8-19-9-7-18/h4-5,11-12,14,17H,2-3,6-10H2,1H3. The number of morpholine rings is 1. The van der Waals surface area contributed by atoms with Gasteiger partial charge in [0.05, 0.1) is 25.1 Å². The predicted octanol–water partition coefficient (Wildman–Crippen LogP) is 2.61. The van der Waals surface area contributed by atoms with E-state index in [0.717, 1.165) is 37.8 Å². The molecule has 110 valence electrons. The first-order valence-electron chi connectivity index (χ1n) is 7.50. The normalized spacial score (nSPS) is 27.4. The maximum absolute atomic E-state index is 5.37. The molecule has 2 aliphatic heterocycles. The number of rotatable bonds is 3. The molecule has 0 amide bonds. The molecule has 4 nitrogen and oxygen atoms in total. The van der Waals surface area contributed by atoms with Gasteiger partial charge in [-0.3, -0.25) is 0 Å². The number of hydrogen-bond donors (Lipinski definition) is 1. The van der Waals surface area contributed by atoms with E-state index in [0.29, 0.717) is 11.3 Å². The molecule has 20 heavy (non-hydrogen) atoms. The van der Waals surface area contributed by atoms with Crippen LogP contribution in [0.25, 0.3) is 0 Å². The van der Waals surface area contributed by atoms with Crippen LogP contribution in [-0.2, 0) is 4.74 Å². The summed E-state index contributed by atoms with van der Waals surface area (Å²) in [4.78, 5) is 6.88. The topological polar surface area (TPSA) is 37.4 Å². The fourth-order valence-corrected chi connectivity index (χ4v) is 3.92. The quantitative estimate of drug-likeness (QED) is 0.927. The number of pyridine rings is 1. The summed E-state index contributed by atoms with van der Waals surface area (Å²) in [7, 11) is 0. The summed E-state index contributed by atoms with van der Waals surface area (Å²) in [5, 5.41) is 4.32. The number of anilines is 2. The van der Waals surface area contributed by atoms with Crippen molar-refractivity contribution in [2.45, 2.75) is 31.1 Å². The summed E-state index contributed by atoms with van der Waals surface area (Å²) in [5.74, 6) is 2.36. The molecule has 0 spiro atoms. The lowest BCUT2D eigenvalue weighted by Crippen LogP contribution is -2.36. The minimum Gasteiger partial charge on any atom is -0.380 e. The maximum Gasteiger partial charge on any atom is 0.128 e. The van der Waals surface area contributed by atoms with Gasteiger partial charge in [-0.15, -0.1) is 0 Å². The lowest BCUT2D eigenvalue weighted by Gasteiger charge is -2.30. The zero-order valence-corrected chi connectivity index (χ0v) is 12.9. The zero-order valence-electron chi connectivity index (χ0n) is 12.0. The first-order valence-corrected chi connectivity index (χ1v) is 8.55. The highest BCUT2D eigenvalue weighted by Crippen LogP contribution is 2.27. The van der Waals surface area contributed by atoms with Gasteiger partial charge in [-0.2, -0.15) is 11.8 Å². The van der Waals surface area contributed by atoms with Crippen molar-refractivity contribution < 1.29 is 4.74 Å². The molecule has 2 atom stereocenters. The third kappa shape index (κ3) is 3.38. The Labute approximate surface area is 125 Å². The van der Waals surface area contributed by atoms with E-state index in [1.54, 1.807) is 0 Å². The van der Waals surface area contributed by atoms with Gasteiger partial charge in [0.15, 0.2) is 0 Å². The predicted molar refractivity (Wildman–Crippen MR) is 85.8 cm³/mol. The zero-order chi connectivity index (χ0) is 13.8. The number of ether oxygens (including phenoxy) is 1. The van der Waals surface area contributed by atoms with Crippen molar-refractivity contribution in [3.05, 3.63) is 18.3 Å². The molecular weight excluding hydrogens is 270 g/mol. The molecule has 0 radical (unpaired) electrons. The van der Waals surface area contributed by atoms with Crippen LogP contribution in [0.1, 0.15) is 19.8 Å². The summed E-state index contributed by atoms with van der Waals surface area (Å²) in [6.45, 7) is 5.81. The van der Waals surface area contributed by atoms with Crippen LogP contribution in [0.15, 0.2) is 18.3 Å². The monoisotopic (exact) mass is 293 g/mol. The van der Waals surface area contributed by atoms with E-state index in [2.05, 4.69) is 46.0 Å². The van der Waals surface area contributed by atoms with Gasteiger partial charge in [0.1, 0.15) is 5.82 Å². The highest BCUT2D eigenvalue weighted by molar-refractivity contribution is 8.00. The second-order valence-electron chi connectivity index (χ2n) is 5.47. The Morgan fingerprint density at radius 1 is 1.35 bits per heavy atom.